The Kier molecular flexibility index (Phi) is 2.19. The summed E-state index contributed by atoms with van der Waals surface area (Å²) in [6.07, 6.45) is 1.63. The van der Waals surface area contributed by atoms with E-state index in [4.69, 9.17) is 16.0 Å². The van der Waals surface area contributed by atoms with Gasteiger partial charge in [0.25, 0.3) is 0 Å². The molecule has 0 atom stereocenters. The maximum Gasteiger partial charge on any atom is 0.153 e. The molecule has 0 fully saturated rings. The van der Waals surface area contributed by atoms with Gasteiger partial charge in [-0.3, -0.25) is 0 Å². The third-order valence-corrected chi connectivity index (χ3v) is 3.06. The van der Waals surface area contributed by atoms with Crippen molar-refractivity contribution in [2.75, 3.05) is 0 Å². The molecule has 86 valence electrons. The molecule has 0 unspecified atom stereocenters. The summed E-state index contributed by atoms with van der Waals surface area (Å²) in [7, 11) is 1.88. The van der Waals surface area contributed by atoms with Gasteiger partial charge >= 0.3 is 0 Å². The molecule has 0 bridgehead atoms. The third-order valence-electron chi connectivity index (χ3n) is 2.69. The number of hydrogen-bond donors (Lipinski definition) is 0. The Morgan fingerprint density at radius 1 is 1.35 bits per heavy atom. The van der Waals surface area contributed by atoms with E-state index in [0.717, 1.165) is 22.5 Å². The summed E-state index contributed by atoms with van der Waals surface area (Å²) < 4.78 is 7.22. The molecular weight excluding hydrogens is 238 g/mol. The zero-order valence-corrected chi connectivity index (χ0v) is 10.2. The highest BCUT2D eigenvalue weighted by Crippen LogP contribution is 2.29. The van der Waals surface area contributed by atoms with Gasteiger partial charge in [-0.25, -0.2) is 9.97 Å². The molecule has 5 heteroatoms. The van der Waals surface area contributed by atoms with Crippen molar-refractivity contribution in [2.24, 2.45) is 7.05 Å². The first-order valence-corrected chi connectivity index (χ1v) is 5.58. The summed E-state index contributed by atoms with van der Waals surface area (Å²) in [5, 5.41) is 1.53. The van der Waals surface area contributed by atoms with Gasteiger partial charge in [-0.05, 0) is 25.1 Å². The van der Waals surface area contributed by atoms with Crippen LogP contribution in [0.2, 0.25) is 5.15 Å². The van der Waals surface area contributed by atoms with Crippen LogP contribution >= 0.6 is 11.6 Å². The Morgan fingerprint density at radius 2 is 2.18 bits per heavy atom. The van der Waals surface area contributed by atoms with Crippen molar-refractivity contribution < 1.29 is 4.42 Å². The molecule has 0 N–H and O–H groups in total. The minimum atomic E-state index is 0.632. The van der Waals surface area contributed by atoms with E-state index < -0.39 is 0 Å². The van der Waals surface area contributed by atoms with Gasteiger partial charge in [0.15, 0.2) is 5.76 Å². The van der Waals surface area contributed by atoms with Crippen LogP contribution in [-0.2, 0) is 7.05 Å². The van der Waals surface area contributed by atoms with Crippen LogP contribution in [0.15, 0.2) is 28.9 Å². The molecule has 0 aliphatic heterocycles. The highest BCUT2D eigenvalue weighted by molar-refractivity contribution is 6.31. The highest BCUT2D eigenvalue weighted by Gasteiger charge is 2.14. The Hall–Kier alpha value is -1.81. The zero-order chi connectivity index (χ0) is 12.0. The summed E-state index contributed by atoms with van der Waals surface area (Å²) >= 11 is 6.10. The third kappa shape index (κ3) is 1.52. The van der Waals surface area contributed by atoms with Crippen molar-refractivity contribution in [3.05, 3.63) is 35.4 Å². The van der Waals surface area contributed by atoms with E-state index in [1.807, 2.05) is 36.7 Å². The first kappa shape index (κ1) is 10.4. The monoisotopic (exact) mass is 247 g/mol. The van der Waals surface area contributed by atoms with Gasteiger partial charge < -0.3 is 8.98 Å². The van der Waals surface area contributed by atoms with Gasteiger partial charge in [-0.15, -0.1) is 0 Å². The lowest BCUT2D eigenvalue weighted by Crippen LogP contribution is -1.96. The van der Waals surface area contributed by atoms with Crippen LogP contribution in [0.1, 0.15) is 5.82 Å². The van der Waals surface area contributed by atoms with Gasteiger partial charge in [0, 0.05) is 7.05 Å². The van der Waals surface area contributed by atoms with Crippen molar-refractivity contribution in [1.82, 2.24) is 14.5 Å². The number of aryl methyl sites for hydroxylation is 2. The average molecular weight is 248 g/mol. The van der Waals surface area contributed by atoms with E-state index >= 15 is 0 Å². The van der Waals surface area contributed by atoms with E-state index in [2.05, 4.69) is 9.97 Å². The topological polar surface area (TPSA) is 43.9 Å². The van der Waals surface area contributed by atoms with Gasteiger partial charge in [-0.2, -0.15) is 0 Å². The second-order valence-corrected chi connectivity index (χ2v) is 4.25. The lowest BCUT2D eigenvalue weighted by molar-refractivity contribution is 0.580. The molecule has 3 aromatic heterocycles. The maximum absolute atomic E-state index is 6.10. The van der Waals surface area contributed by atoms with E-state index in [1.165, 1.54) is 0 Å². The molecule has 0 aromatic carbocycles. The molecule has 0 saturated heterocycles. The van der Waals surface area contributed by atoms with E-state index in [-0.39, 0.29) is 0 Å². The summed E-state index contributed by atoms with van der Waals surface area (Å²) in [5.41, 5.74) is 1.59. The lowest BCUT2D eigenvalue weighted by atomic mass is 10.2. The molecule has 0 amide bonds. The maximum atomic E-state index is 6.10. The van der Waals surface area contributed by atoms with Crippen molar-refractivity contribution >= 4 is 22.6 Å². The van der Waals surface area contributed by atoms with Gasteiger partial charge in [0.05, 0.1) is 11.6 Å². The number of halogens is 1. The fourth-order valence-corrected chi connectivity index (χ4v) is 2.06. The van der Waals surface area contributed by atoms with Crippen LogP contribution in [0.4, 0.5) is 0 Å². The quantitative estimate of drug-likeness (QED) is 0.663. The fourth-order valence-electron chi connectivity index (χ4n) is 1.87. The van der Waals surface area contributed by atoms with Crippen LogP contribution in [-0.4, -0.2) is 14.5 Å². The molecule has 3 aromatic rings. The predicted octanol–water partition coefficient (Wildman–Crippen LogP) is 3.19. The van der Waals surface area contributed by atoms with Gasteiger partial charge in [0.2, 0.25) is 0 Å². The van der Waals surface area contributed by atoms with E-state index in [9.17, 15) is 0 Å². The molecule has 0 saturated carbocycles. The largest absolute Gasteiger partial charge is 0.463 e. The first-order valence-electron chi connectivity index (χ1n) is 5.20. The highest BCUT2D eigenvalue weighted by atomic mass is 35.5. The Balaban J connectivity index is 2.42. The van der Waals surface area contributed by atoms with Crippen molar-refractivity contribution in [2.45, 2.75) is 6.92 Å². The summed E-state index contributed by atoms with van der Waals surface area (Å²) in [6, 6.07) is 5.57. The van der Waals surface area contributed by atoms with Crippen molar-refractivity contribution in [3.63, 3.8) is 0 Å². The zero-order valence-electron chi connectivity index (χ0n) is 9.44. The van der Waals surface area contributed by atoms with Crippen LogP contribution < -0.4 is 0 Å². The predicted molar refractivity (Wildman–Crippen MR) is 66.0 cm³/mol. The second-order valence-electron chi connectivity index (χ2n) is 3.86. The minimum absolute atomic E-state index is 0.632. The van der Waals surface area contributed by atoms with Crippen LogP contribution in [0.5, 0.6) is 0 Å². The fraction of sp³-hybridized carbons (Fsp3) is 0.167. The smallest absolute Gasteiger partial charge is 0.153 e. The van der Waals surface area contributed by atoms with Crippen LogP contribution in [0, 0.1) is 6.92 Å². The lowest BCUT2D eigenvalue weighted by Gasteiger charge is -2.02. The molecule has 3 rings (SSSR count). The second kappa shape index (κ2) is 3.60. The summed E-state index contributed by atoms with van der Waals surface area (Å²) in [5.74, 6) is 1.42. The van der Waals surface area contributed by atoms with Crippen molar-refractivity contribution in [3.8, 4) is 11.5 Å². The van der Waals surface area contributed by atoms with Crippen LogP contribution in [0.3, 0.4) is 0 Å². The SMILES string of the molecule is Cc1nc(-c2ccco2)c2cc(Cl)n(C)c2n1. The Morgan fingerprint density at radius 3 is 2.88 bits per heavy atom. The molecule has 17 heavy (non-hydrogen) atoms. The normalized spacial score (nSPS) is 11.2. The summed E-state index contributed by atoms with van der Waals surface area (Å²) in [6.45, 7) is 1.85. The molecule has 0 radical (unpaired) electrons. The van der Waals surface area contributed by atoms with Gasteiger partial charge in [-0.1, -0.05) is 11.6 Å². The molecule has 0 spiro atoms. The number of aromatic nitrogens is 3. The number of fused-ring (bicyclic) bond motifs is 1. The van der Waals surface area contributed by atoms with E-state index in [0.29, 0.717) is 11.0 Å². The molecule has 4 nitrogen and oxygen atoms in total. The number of rotatable bonds is 1. The van der Waals surface area contributed by atoms with Gasteiger partial charge in [0.1, 0.15) is 22.3 Å². The van der Waals surface area contributed by atoms with Crippen molar-refractivity contribution in [1.29, 1.82) is 0 Å². The number of furan rings is 1. The molecule has 0 aliphatic rings. The average Bonchev–Trinajstić information content (AvgIpc) is 2.90. The number of nitrogens with zero attached hydrogens (tertiary/aromatic N) is 3. The minimum Gasteiger partial charge on any atom is -0.463 e. The molecular formula is C12H10ClN3O. The molecule has 3 heterocycles. The molecule has 0 aliphatic carbocycles. The van der Waals surface area contributed by atoms with E-state index in [1.54, 1.807) is 6.26 Å². The number of hydrogen-bond acceptors (Lipinski definition) is 3. The summed E-state index contributed by atoms with van der Waals surface area (Å²) in [4.78, 5) is 8.81. The standard InChI is InChI=1S/C12H10ClN3O/c1-7-14-11(9-4-3-5-17-9)8-6-10(13)16(2)12(8)15-7/h3-6H,1-2H3. The Labute approximate surface area is 103 Å². The van der Waals surface area contributed by atoms with Crippen LogP contribution in [0.25, 0.3) is 22.5 Å². The first-order chi connectivity index (χ1) is 8.16. The Bertz CT molecular complexity index is 685.